The first kappa shape index (κ1) is 12.8. The molecule has 8 nitrogen and oxygen atoms in total. The van der Waals surface area contributed by atoms with Crippen LogP contribution in [-0.2, 0) is 4.79 Å². The summed E-state index contributed by atoms with van der Waals surface area (Å²) in [5.74, 6) is 0.370. The molecule has 0 saturated carbocycles. The molecule has 0 saturated heterocycles. The van der Waals surface area contributed by atoms with E-state index in [1.807, 2.05) is 0 Å². The van der Waals surface area contributed by atoms with Gasteiger partial charge in [-0.05, 0) is 15.9 Å². The minimum absolute atomic E-state index is 0.150. The van der Waals surface area contributed by atoms with Crippen molar-refractivity contribution in [3.8, 4) is 0 Å². The highest BCUT2D eigenvalue weighted by atomic mass is 79.9. The lowest BCUT2D eigenvalue weighted by Gasteiger charge is -2.01. The summed E-state index contributed by atoms with van der Waals surface area (Å²) < 4.78 is 0.742. The highest BCUT2D eigenvalue weighted by molar-refractivity contribution is 9.10. The summed E-state index contributed by atoms with van der Waals surface area (Å²) >= 11 is 4.36. The summed E-state index contributed by atoms with van der Waals surface area (Å²) in [5, 5.41) is 9.24. The van der Waals surface area contributed by atoms with Crippen molar-refractivity contribution in [2.24, 2.45) is 0 Å². The second-order valence-corrected chi connectivity index (χ2v) is 4.92. The molecule has 0 bridgehead atoms. The van der Waals surface area contributed by atoms with Gasteiger partial charge in [-0.2, -0.15) is 4.98 Å². The summed E-state index contributed by atoms with van der Waals surface area (Å²) in [7, 11) is 0. The SMILES string of the molecule is Nc1nc(SCC(=O)Nc2ncc(Br)cn2)n[nH]1. The van der Waals surface area contributed by atoms with Crippen molar-refractivity contribution in [3.63, 3.8) is 0 Å². The number of nitrogens with one attached hydrogen (secondary N) is 2. The number of carbonyl (C=O) groups excluding carboxylic acids is 1. The van der Waals surface area contributed by atoms with E-state index in [2.05, 4.69) is 46.4 Å². The van der Waals surface area contributed by atoms with Gasteiger partial charge < -0.3 is 5.73 Å². The predicted octanol–water partition coefficient (Wildman–Crippen LogP) is 0.670. The average molecular weight is 330 g/mol. The van der Waals surface area contributed by atoms with Crippen LogP contribution in [0.3, 0.4) is 0 Å². The van der Waals surface area contributed by atoms with Crippen LogP contribution in [0.25, 0.3) is 0 Å². The highest BCUT2D eigenvalue weighted by Crippen LogP contribution is 2.13. The average Bonchev–Trinajstić information content (AvgIpc) is 2.76. The van der Waals surface area contributed by atoms with Gasteiger partial charge in [-0.1, -0.05) is 11.8 Å². The number of nitrogens with zero attached hydrogens (tertiary/aromatic N) is 4. The van der Waals surface area contributed by atoms with Gasteiger partial charge in [0.25, 0.3) is 0 Å². The number of halogens is 1. The van der Waals surface area contributed by atoms with E-state index < -0.39 is 0 Å². The van der Waals surface area contributed by atoms with Gasteiger partial charge in [0, 0.05) is 12.4 Å². The van der Waals surface area contributed by atoms with Crippen LogP contribution in [-0.4, -0.2) is 36.8 Å². The fourth-order valence-corrected chi connectivity index (χ4v) is 1.80. The van der Waals surface area contributed by atoms with E-state index in [1.54, 1.807) is 12.4 Å². The molecule has 94 valence electrons. The van der Waals surface area contributed by atoms with Gasteiger partial charge >= 0.3 is 0 Å². The zero-order valence-electron chi connectivity index (χ0n) is 8.92. The van der Waals surface area contributed by atoms with E-state index in [0.29, 0.717) is 5.16 Å². The number of nitrogens with two attached hydrogens (primary N) is 1. The molecular formula is C8H8BrN7OS. The summed E-state index contributed by atoms with van der Waals surface area (Å²) in [4.78, 5) is 23.3. The number of anilines is 2. The van der Waals surface area contributed by atoms with Crippen molar-refractivity contribution < 1.29 is 4.79 Å². The Bertz CT molecular complexity index is 543. The molecule has 1 amide bonds. The third-order valence-electron chi connectivity index (χ3n) is 1.69. The summed E-state index contributed by atoms with van der Waals surface area (Å²) in [6, 6.07) is 0. The van der Waals surface area contributed by atoms with Gasteiger partial charge in [0.2, 0.25) is 23.0 Å². The molecule has 0 fully saturated rings. The molecule has 0 radical (unpaired) electrons. The number of aromatic nitrogens is 5. The smallest absolute Gasteiger partial charge is 0.237 e. The second kappa shape index (κ2) is 5.78. The van der Waals surface area contributed by atoms with Gasteiger partial charge in [0.15, 0.2) is 0 Å². The molecule has 4 N–H and O–H groups in total. The lowest BCUT2D eigenvalue weighted by Crippen LogP contribution is -2.16. The molecule has 2 rings (SSSR count). The topological polar surface area (TPSA) is 122 Å². The van der Waals surface area contributed by atoms with Crippen LogP contribution in [0, 0.1) is 0 Å². The van der Waals surface area contributed by atoms with Gasteiger partial charge in [-0.15, -0.1) is 5.10 Å². The number of rotatable bonds is 4. The molecule has 0 atom stereocenters. The maximum Gasteiger partial charge on any atom is 0.237 e. The molecule has 0 aliphatic heterocycles. The van der Waals surface area contributed by atoms with Crippen LogP contribution in [0.2, 0.25) is 0 Å². The van der Waals surface area contributed by atoms with Crippen LogP contribution in [0.4, 0.5) is 11.9 Å². The number of hydrogen-bond acceptors (Lipinski definition) is 7. The largest absolute Gasteiger partial charge is 0.368 e. The number of amides is 1. The fraction of sp³-hybridized carbons (Fsp3) is 0.125. The normalized spacial score (nSPS) is 10.3. The molecule has 18 heavy (non-hydrogen) atoms. The van der Waals surface area contributed by atoms with Crippen LogP contribution in [0.5, 0.6) is 0 Å². The number of carbonyl (C=O) groups is 1. The first-order valence-corrected chi connectivity index (χ1v) is 6.49. The van der Waals surface area contributed by atoms with E-state index in [0.717, 1.165) is 16.2 Å². The van der Waals surface area contributed by atoms with Crippen LogP contribution >= 0.6 is 27.7 Å². The Labute approximate surface area is 114 Å². The van der Waals surface area contributed by atoms with E-state index >= 15 is 0 Å². The Morgan fingerprint density at radius 3 is 2.83 bits per heavy atom. The summed E-state index contributed by atoms with van der Waals surface area (Å²) in [6.45, 7) is 0. The van der Waals surface area contributed by atoms with Crippen LogP contribution in [0.15, 0.2) is 22.0 Å². The highest BCUT2D eigenvalue weighted by Gasteiger charge is 2.08. The Hall–Kier alpha value is -1.68. The van der Waals surface area contributed by atoms with E-state index in [4.69, 9.17) is 5.73 Å². The third kappa shape index (κ3) is 3.67. The van der Waals surface area contributed by atoms with Crippen molar-refractivity contribution in [1.29, 1.82) is 0 Å². The molecular weight excluding hydrogens is 322 g/mol. The monoisotopic (exact) mass is 329 g/mol. The molecule has 0 spiro atoms. The number of hydrogen-bond donors (Lipinski definition) is 3. The first-order valence-electron chi connectivity index (χ1n) is 4.71. The quantitative estimate of drug-likeness (QED) is 0.704. The van der Waals surface area contributed by atoms with Crippen LogP contribution < -0.4 is 11.1 Å². The third-order valence-corrected chi connectivity index (χ3v) is 2.94. The second-order valence-electron chi connectivity index (χ2n) is 3.06. The lowest BCUT2D eigenvalue weighted by atomic mass is 10.6. The van der Waals surface area contributed by atoms with Crippen molar-refractivity contribution in [3.05, 3.63) is 16.9 Å². The predicted molar refractivity (Wildman–Crippen MR) is 69.9 cm³/mol. The minimum Gasteiger partial charge on any atom is -0.368 e. The number of H-pyrrole nitrogens is 1. The number of aromatic amines is 1. The van der Waals surface area contributed by atoms with Crippen molar-refractivity contribution in [2.75, 3.05) is 16.8 Å². The maximum absolute atomic E-state index is 11.6. The van der Waals surface area contributed by atoms with Crippen molar-refractivity contribution in [1.82, 2.24) is 25.1 Å². The molecule has 2 aromatic heterocycles. The van der Waals surface area contributed by atoms with Gasteiger partial charge in [0.1, 0.15) is 0 Å². The Kier molecular flexibility index (Phi) is 4.10. The zero-order valence-corrected chi connectivity index (χ0v) is 11.3. The molecule has 10 heteroatoms. The van der Waals surface area contributed by atoms with E-state index in [9.17, 15) is 4.79 Å². The Morgan fingerprint density at radius 1 is 1.50 bits per heavy atom. The first-order chi connectivity index (χ1) is 8.63. The zero-order chi connectivity index (χ0) is 13.0. The fourth-order valence-electron chi connectivity index (χ4n) is 0.990. The van der Waals surface area contributed by atoms with Gasteiger partial charge in [-0.25, -0.2) is 15.1 Å². The standard InChI is InChI=1S/C8H8BrN7OS/c9-4-1-11-7(12-2-4)13-5(17)3-18-8-14-6(10)15-16-8/h1-2H,3H2,(H3,10,14,15,16)(H,11,12,13,17). The Balaban J connectivity index is 1.83. The molecule has 0 unspecified atom stereocenters. The van der Waals surface area contributed by atoms with E-state index in [-0.39, 0.29) is 23.6 Å². The number of thioether (sulfide) groups is 1. The summed E-state index contributed by atoms with van der Waals surface area (Å²) in [5.41, 5.74) is 5.36. The maximum atomic E-state index is 11.6. The van der Waals surface area contributed by atoms with Crippen molar-refractivity contribution >= 4 is 45.5 Å². The summed E-state index contributed by atoms with van der Waals surface area (Å²) in [6.07, 6.45) is 3.09. The molecule has 0 aliphatic carbocycles. The molecule has 0 aromatic carbocycles. The molecule has 0 aliphatic rings. The Morgan fingerprint density at radius 2 is 2.22 bits per heavy atom. The van der Waals surface area contributed by atoms with E-state index in [1.165, 1.54) is 0 Å². The lowest BCUT2D eigenvalue weighted by molar-refractivity contribution is -0.113. The van der Waals surface area contributed by atoms with Crippen molar-refractivity contribution in [2.45, 2.75) is 5.16 Å². The van der Waals surface area contributed by atoms with Gasteiger partial charge in [0.05, 0.1) is 10.2 Å². The van der Waals surface area contributed by atoms with Crippen LogP contribution in [0.1, 0.15) is 0 Å². The number of nitrogen functional groups attached to an aromatic ring is 1. The molecule has 2 heterocycles. The molecule has 2 aromatic rings. The minimum atomic E-state index is -0.245. The van der Waals surface area contributed by atoms with Gasteiger partial charge in [-0.3, -0.25) is 10.1 Å².